The van der Waals surface area contributed by atoms with Crippen molar-refractivity contribution in [3.05, 3.63) is 12.7 Å². The Labute approximate surface area is 214 Å². The molecule has 0 aromatic carbocycles. The van der Waals surface area contributed by atoms with Crippen molar-refractivity contribution in [2.75, 3.05) is 13.1 Å². The third kappa shape index (κ3) is 5.81. The predicted octanol–water partition coefficient (Wildman–Crippen LogP) is 1.57. The lowest BCUT2D eigenvalue weighted by Crippen LogP contribution is -2.60. The lowest BCUT2D eigenvalue weighted by atomic mass is 9.77. The van der Waals surface area contributed by atoms with Gasteiger partial charge in [-0.25, -0.2) is 0 Å². The van der Waals surface area contributed by atoms with Gasteiger partial charge in [0, 0.05) is 24.9 Å². The van der Waals surface area contributed by atoms with Crippen LogP contribution in [0, 0.1) is 28.6 Å². The van der Waals surface area contributed by atoms with Crippen molar-refractivity contribution in [3.8, 4) is 0 Å². The normalized spacial score (nSPS) is 27.1. The minimum Gasteiger partial charge on any atom is -0.356 e. The van der Waals surface area contributed by atoms with E-state index < -0.39 is 34.9 Å². The Morgan fingerprint density at radius 2 is 1.78 bits per heavy atom. The molecule has 0 spiro atoms. The third-order valence-corrected chi connectivity index (χ3v) is 8.18. The van der Waals surface area contributed by atoms with Crippen LogP contribution in [0.3, 0.4) is 0 Å². The molecule has 0 aromatic rings. The van der Waals surface area contributed by atoms with E-state index in [2.05, 4.69) is 22.5 Å². The molecule has 3 aliphatic rings. The van der Waals surface area contributed by atoms with Crippen molar-refractivity contribution in [1.29, 1.82) is 0 Å². The van der Waals surface area contributed by atoms with Gasteiger partial charge in [0.2, 0.25) is 23.6 Å². The fourth-order valence-electron chi connectivity index (χ4n) is 5.22. The van der Waals surface area contributed by atoms with Crippen molar-refractivity contribution in [3.63, 3.8) is 0 Å². The number of nitrogens with zero attached hydrogens (tertiary/aromatic N) is 1. The molecule has 2 heterocycles. The number of nitrogens with one attached hydrogen (secondary N) is 3. The van der Waals surface area contributed by atoms with Crippen LogP contribution in [0.15, 0.2) is 12.7 Å². The highest BCUT2D eigenvalue weighted by Crippen LogP contribution is 2.42. The van der Waals surface area contributed by atoms with Gasteiger partial charge in [-0.3, -0.25) is 24.0 Å². The Morgan fingerprint density at radius 3 is 2.28 bits per heavy atom. The summed E-state index contributed by atoms with van der Waals surface area (Å²) in [4.78, 5) is 66.6. The van der Waals surface area contributed by atoms with Gasteiger partial charge in [0.15, 0.2) is 5.78 Å². The molecule has 4 amide bonds. The summed E-state index contributed by atoms with van der Waals surface area (Å²) in [5, 5.41) is 8.55. The van der Waals surface area contributed by atoms with Gasteiger partial charge < -0.3 is 20.9 Å². The van der Waals surface area contributed by atoms with Gasteiger partial charge in [-0.2, -0.15) is 0 Å². The van der Waals surface area contributed by atoms with E-state index >= 15 is 0 Å². The molecular weight excluding hydrogens is 460 g/mol. The van der Waals surface area contributed by atoms with Gasteiger partial charge >= 0.3 is 0 Å². The van der Waals surface area contributed by atoms with Crippen LogP contribution in [-0.4, -0.2) is 65.5 Å². The van der Waals surface area contributed by atoms with E-state index in [1.807, 2.05) is 41.5 Å². The maximum Gasteiger partial charge on any atom is 0.246 e. The summed E-state index contributed by atoms with van der Waals surface area (Å²) in [5.41, 5.74) is -1.13. The fraction of sp³-hybridized carbons (Fsp3) is 0.741. The first-order chi connectivity index (χ1) is 16.7. The number of hydrogen-bond donors (Lipinski definition) is 3. The Balaban J connectivity index is 1.85. The van der Waals surface area contributed by atoms with Crippen molar-refractivity contribution >= 4 is 29.4 Å². The summed E-state index contributed by atoms with van der Waals surface area (Å²) in [6.07, 6.45) is 3.59. The van der Waals surface area contributed by atoms with Crippen LogP contribution in [0.1, 0.15) is 67.2 Å². The summed E-state index contributed by atoms with van der Waals surface area (Å²) in [7, 11) is 0. The van der Waals surface area contributed by atoms with E-state index in [0.29, 0.717) is 19.5 Å². The lowest BCUT2D eigenvalue weighted by molar-refractivity contribution is -0.146. The van der Waals surface area contributed by atoms with Gasteiger partial charge in [-0.05, 0) is 48.5 Å². The number of carbonyl (C=O) groups is 5. The molecule has 9 heteroatoms. The molecule has 3 fully saturated rings. The summed E-state index contributed by atoms with van der Waals surface area (Å²) in [6, 6.07) is -2.52. The molecule has 0 bridgehead atoms. The number of rotatable bonds is 9. The van der Waals surface area contributed by atoms with Crippen LogP contribution in [-0.2, 0) is 24.0 Å². The Kier molecular flexibility index (Phi) is 8.01. The van der Waals surface area contributed by atoms with Crippen molar-refractivity contribution < 1.29 is 24.0 Å². The van der Waals surface area contributed by atoms with Gasteiger partial charge in [-0.1, -0.05) is 48.1 Å². The number of hydrogen-bond acceptors (Lipinski definition) is 5. The Hall–Kier alpha value is -2.71. The van der Waals surface area contributed by atoms with Crippen LogP contribution < -0.4 is 16.0 Å². The van der Waals surface area contributed by atoms with Crippen LogP contribution in [0.4, 0.5) is 0 Å². The zero-order chi connectivity index (χ0) is 27.0. The van der Waals surface area contributed by atoms with E-state index in [1.54, 1.807) is 4.90 Å². The van der Waals surface area contributed by atoms with Crippen molar-refractivity contribution in [2.45, 2.75) is 85.4 Å². The molecule has 5 atom stereocenters. The van der Waals surface area contributed by atoms with E-state index in [-0.39, 0.29) is 47.7 Å². The minimum atomic E-state index is -0.902. The smallest absolute Gasteiger partial charge is 0.246 e. The molecule has 3 N–H and O–H groups in total. The van der Waals surface area contributed by atoms with Crippen LogP contribution in [0.5, 0.6) is 0 Å². The second-order valence-electron chi connectivity index (χ2n) is 12.4. The first-order valence-corrected chi connectivity index (χ1v) is 13.0. The van der Waals surface area contributed by atoms with Crippen molar-refractivity contribution in [2.24, 2.45) is 28.6 Å². The average molecular weight is 503 g/mol. The maximum atomic E-state index is 13.9. The monoisotopic (exact) mass is 502 g/mol. The Bertz CT molecular complexity index is 933. The molecule has 0 aromatic heterocycles. The molecule has 2 saturated heterocycles. The summed E-state index contributed by atoms with van der Waals surface area (Å²) < 4.78 is 0. The molecule has 36 heavy (non-hydrogen) atoms. The molecule has 1 saturated carbocycles. The van der Waals surface area contributed by atoms with Gasteiger partial charge in [-0.15, -0.1) is 0 Å². The van der Waals surface area contributed by atoms with E-state index in [9.17, 15) is 24.0 Å². The number of amides is 4. The first-order valence-electron chi connectivity index (χ1n) is 13.0. The van der Waals surface area contributed by atoms with E-state index in [0.717, 1.165) is 18.9 Å². The van der Waals surface area contributed by atoms with Crippen LogP contribution >= 0.6 is 0 Å². The molecule has 0 unspecified atom stereocenters. The highest BCUT2D eigenvalue weighted by molar-refractivity contribution is 5.99. The average Bonchev–Trinajstić information content (AvgIpc) is 3.52. The standard InChI is InChI=1S/C27H42N4O5/c1-8-19(32)18(13-17-11-12-28-22(17)33)29-24(35)21-27(6,7)15(2)14-31(21)25(36)20(26(3,4)5)30-23(34)16-9-10-16/h8,15-18,20-21H,1,9-14H2,2-7H3,(H,28,33)(H,29,35)(H,30,34)/t15-,17+,18+,20-,21-/m1/s1. The van der Waals surface area contributed by atoms with Crippen LogP contribution in [0.25, 0.3) is 0 Å². The van der Waals surface area contributed by atoms with Gasteiger partial charge in [0.1, 0.15) is 12.1 Å². The topological polar surface area (TPSA) is 125 Å². The predicted molar refractivity (Wildman–Crippen MR) is 135 cm³/mol. The first kappa shape index (κ1) is 27.9. The quantitative estimate of drug-likeness (QED) is 0.413. The van der Waals surface area contributed by atoms with E-state index in [4.69, 9.17) is 0 Å². The van der Waals surface area contributed by atoms with E-state index in [1.165, 1.54) is 0 Å². The zero-order valence-corrected chi connectivity index (χ0v) is 22.5. The van der Waals surface area contributed by atoms with Crippen LogP contribution in [0.2, 0.25) is 0 Å². The maximum absolute atomic E-state index is 13.9. The molecule has 9 nitrogen and oxygen atoms in total. The molecule has 2 aliphatic heterocycles. The van der Waals surface area contributed by atoms with Crippen molar-refractivity contribution in [1.82, 2.24) is 20.9 Å². The molecular formula is C27H42N4O5. The second kappa shape index (κ2) is 10.3. The molecule has 1 aliphatic carbocycles. The SMILES string of the molecule is C=CC(=O)[C@H](C[C@@H]1CCNC1=O)NC(=O)[C@H]1N(C(=O)[C@@H](NC(=O)C2CC2)C(C)(C)C)C[C@@H](C)C1(C)C. The summed E-state index contributed by atoms with van der Waals surface area (Å²) >= 11 is 0. The zero-order valence-electron chi connectivity index (χ0n) is 22.5. The third-order valence-electron chi connectivity index (χ3n) is 8.18. The number of carbonyl (C=O) groups excluding carboxylic acids is 5. The highest BCUT2D eigenvalue weighted by atomic mass is 16.2. The highest BCUT2D eigenvalue weighted by Gasteiger charge is 2.54. The molecule has 3 rings (SSSR count). The summed E-state index contributed by atoms with van der Waals surface area (Å²) in [6.45, 7) is 16.0. The number of likely N-dealkylation sites (tertiary alicyclic amines) is 1. The van der Waals surface area contributed by atoms with Gasteiger partial charge in [0.25, 0.3) is 0 Å². The minimum absolute atomic E-state index is 0.00566. The fourth-order valence-corrected chi connectivity index (χ4v) is 5.22. The second-order valence-corrected chi connectivity index (χ2v) is 12.4. The Morgan fingerprint density at radius 1 is 1.14 bits per heavy atom. The molecule has 0 radical (unpaired) electrons. The molecule has 200 valence electrons. The number of ketones is 1. The lowest BCUT2D eigenvalue weighted by Gasteiger charge is -2.38. The van der Waals surface area contributed by atoms with Gasteiger partial charge in [0.05, 0.1) is 6.04 Å². The largest absolute Gasteiger partial charge is 0.356 e. The summed E-state index contributed by atoms with van der Waals surface area (Å²) in [5.74, 6) is -1.75.